The molecule has 0 aliphatic heterocycles. The van der Waals surface area contributed by atoms with Crippen molar-refractivity contribution in [2.45, 2.75) is 18.7 Å². The monoisotopic (exact) mass is 391 g/mol. The molecule has 1 aromatic heterocycles. The Hall–Kier alpha value is -2.51. The van der Waals surface area contributed by atoms with E-state index in [9.17, 15) is 13.2 Å². The quantitative estimate of drug-likeness (QED) is 0.741. The van der Waals surface area contributed by atoms with Gasteiger partial charge in [-0.25, -0.2) is 13.1 Å². The molecule has 136 valence electrons. The van der Waals surface area contributed by atoms with Crippen molar-refractivity contribution in [3.63, 3.8) is 0 Å². The number of hydrogen-bond donors (Lipinski definition) is 1. The van der Waals surface area contributed by atoms with Crippen LogP contribution in [0.1, 0.15) is 11.3 Å². The molecule has 2 aromatic carbocycles. The van der Waals surface area contributed by atoms with Crippen LogP contribution in [0.4, 0.5) is 5.69 Å². The van der Waals surface area contributed by atoms with Gasteiger partial charge in [-0.15, -0.1) is 0 Å². The number of aryl methyl sites for hydroxylation is 1. The summed E-state index contributed by atoms with van der Waals surface area (Å²) in [5.74, 6) is 0. The molecule has 0 aliphatic carbocycles. The van der Waals surface area contributed by atoms with Crippen LogP contribution in [0.5, 0.6) is 0 Å². The summed E-state index contributed by atoms with van der Waals surface area (Å²) in [6, 6.07) is 13.4. The number of hydrogen-bond acceptors (Lipinski definition) is 3. The van der Waals surface area contributed by atoms with Gasteiger partial charge in [0.2, 0.25) is 0 Å². The maximum Gasteiger partial charge on any atom is 0.296 e. The lowest BCUT2D eigenvalue weighted by Gasteiger charge is -2.08. The van der Waals surface area contributed by atoms with Crippen molar-refractivity contribution < 1.29 is 8.42 Å². The minimum atomic E-state index is -3.92. The van der Waals surface area contributed by atoms with Crippen LogP contribution in [0.3, 0.4) is 0 Å². The van der Waals surface area contributed by atoms with E-state index in [2.05, 4.69) is 4.72 Å². The average molecular weight is 392 g/mol. The number of rotatable bonds is 4. The summed E-state index contributed by atoms with van der Waals surface area (Å²) < 4.78 is 30.9. The van der Waals surface area contributed by atoms with Gasteiger partial charge in [-0.2, -0.15) is 0 Å². The molecule has 1 heterocycles. The molecule has 8 heteroatoms. The molecule has 0 saturated heterocycles. The number of benzene rings is 2. The SMILES string of the molecule is Cc1cc(S(=O)(=O)Nc2c(C)n(C)n(-c3ccccc3)c2=O)ccc1Cl. The highest BCUT2D eigenvalue weighted by Gasteiger charge is 2.22. The topological polar surface area (TPSA) is 73.1 Å². The van der Waals surface area contributed by atoms with Crippen LogP contribution in [-0.2, 0) is 17.1 Å². The van der Waals surface area contributed by atoms with Crippen molar-refractivity contribution in [3.8, 4) is 5.69 Å². The maximum absolute atomic E-state index is 12.8. The summed E-state index contributed by atoms with van der Waals surface area (Å²) in [6.07, 6.45) is 0. The van der Waals surface area contributed by atoms with Gasteiger partial charge in [0.05, 0.1) is 16.3 Å². The summed E-state index contributed by atoms with van der Waals surface area (Å²) in [6.45, 7) is 3.41. The second kappa shape index (κ2) is 6.66. The molecule has 3 aromatic rings. The molecule has 0 spiro atoms. The first kappa shape index (κ1) is 18.3. The molecule has 0 saturated carbocycles. The summed E-state index contributed by atoms with van der Waals surface area (Å²) in [5.41, 5.74) is 1.37. The van der Waals surface area contributed by atoms with Gasteiger partial charge in [0, 0.05) is 12.1 Å². The molecular formula is C18H18ClN3O3S. The number of aromatic nitrogens is 2. The Morgan fingerprint density at radius 2 is 1.69 bits per heavy atom. The second-order valence-corrected chi connectivity index (χ2v) is 8.04. The van der Waals surface area contributed by atoms with Crippen molar-refractivity contribution in [2.24, 2.45) is 7.05 Å². The number of nitrogens with zero attached hydrogens (tertiary/aromatic N) is 2. The van der Waals surface area contributed by atoms with E-state index in [0.717, 1.165) is 0 Å². The van der Waals surface area contributed by atoms with Crippen molar-refractivity contribution in [1.82, 2.24) is 9.36 Å². The molecule has 0 unspecified atom stereocenters. The lowest BCUT2D eigenvalue weighted by Crippen LogP contribution is -2.23. The molecule has 0 bridgehead atoms. The summed E-state index contributed by atoms with van der Waals surface area (Å²) in [5, 5.41) is 0.478. The minimum absolute atomic E-state index is 0.0176. The van der Waals surface area contributed by atoms with Gasteiger partial charge in [0.15, 0.2) is 0 Å². The van der Waals surface area contributed by atoms with Crippen LogP contribution in [-0.4, -0.2) is 17.8 Å². The van der Waals surface area contributed by atoms with Gasteiger partial charge in [-0.3, -0.25) is 14.2 Å². The van der Waals surface area contributed by atoms with E-state index in [1.165, 1.54) is 22.9 Å². The molecule has 0 atom stereocenters. The third-order valence-electron chi connectivity index (χ3n) is 4.23. The van der Waals surface area contributed by atoms with Crippen molar-refractivity contribution in [1.29, 1.82) is 0 Å². The normalized spacial score (nSPS) is 11.5. The lowest BCUT2D eigenvalue weighted by molar-refractivity contribution is 0.601. The average Bonchev–Trinajstić information content (AvgIpc) is 2.81. The predicted molar refractivity (Wildman–Crippen MR) is 103 cm³/mol. The fraction of sp³-hybridized carbons (Fsp3) is 0.167. The Kier molecular flexibility index (Phi) is 4.68. The van der Waals surface area contributed by atoms with E-state index >= 15 is 0 Å². The van der Waals surface area contributed by atoms with Gasteiger partial charge in [0.1, 0.15) is 5.69 Å². The van der Waals surface area contributed by atoms with E-state index < -0.39 is 15.6 Å². The van der Waals surface area contributed by atoms with Crippen LogP contribution in [0.15, 0.2) is 58.2 Å². The van der Waals surface area contributed by atoms with E-state index in [1.807, 2.05) is 18.2 Å². The molecule has 3 rings (SSSR count). The first-order chi connectivity index (χ1) is 12.2. The van der Waals surface area contributed by atoms with Crippen molar-refractivity contribution in [2.75, 3.05) is 4.72 Å². The van der Waals surface area contributed by atoms with Gasteiger partial charge < -0.3 is 0 Å². The number of anilines is 1. The molecule has 1 N–H and O–H groups in total. The Morgan fingerprint density at radius 3 is 2.31 bits per heavy atom. The maximum atomic E-state index is 12.8. The van der Waals surface area contributed by atoms with Gasteiger partial charge in [-0.05, 0) is 49.7 Å². The number of halogens is 1. The number of sulfonamides is 1. The third-order valence-corrected chi connectivity index (χ3v) is 6.00. The van der Waals surface area contributed by atoms with Gasteiger partial charge >= 0.3 is 0 Å². The first-order valence-corrected chi connectivity index (χ1v) is 9.71. The zero-order chi connectivity index (χ0) is 19.1. The Balaban J connectivity index is 2.08. The van der Waals surface area contributed by atoms with Crippen LogP contribution >= 0.6 is 11.6 Å². The largest absolute Gasteiger partial charge is 0.296 e. The molecular weight excluding hydrogens is 374 g/mol. The Morgan fingerprint density at radius 1 is 1.04 bits per heavy atom. The summed E-state index contributed by atoms with van der Waals surface area (Å²) >= 11 is 5.96. The summed E-state index contributed by atoms with van der Waals surface area (Å²) in [7, 11) is -2.22. The highest BCUT2D eigenvalue weighted by atomic mass is 35.5. The summed E-state index contributed by atoms with van der Waals surface area (Å²) in [4.78, 5) is 12.9. The van der Waals surface area contributed by atoms with Gasteiger partial charge in [0.25, 0.3) is 15.6 Å². The fourth-order valence-corrected chi connectivity index (χ4v) is 3.98. The predicted octanol–water partition coefficient (Wildman–Crippen LogP) is 3.25. The molecule has 0 aliphatic rings. The van der Waals surface area contributed by atoms with Crippen LogP contribution < -0.4 is 10.3 Å². The molecule has 26 heavy (non-hydrogen) atoms. The van der Waals surface area contributed by atoms with Crippen LogP contribution in [0.25, 0.3) is 5.69 Å². The highest BCUT2D eigenvalue weighted by molar-refractivity contribution is 7.92. The van der Waals surface area contributed by atoms with Crippen LogP contribution in [0, 0.1) is 13.8 Å². The number of nitrogens with one attached hydrogen (secondary N) is 1. The Bertz CT molecular complexity index is 1130. The molecule has 0 radical (unpaired) electrons. The van der Waals surface area contributed by atoms with Crippen molar-refractivity contribution in [3.05, 3.63) is 75.2 Å². The highest BCUT2D eigenvalue weighted by Crippen LogP contribution is 2.22. The minimum Gasteiger partial charge on any atom is -0.283 e. The smallest absolute Gasteiger partial charge is 0.283 e. The zero-order valence-electron chi connectivity index (χ0n) is 14.5. The van der Waals surface area contributed by atoms with E-state index in [4.69, 9.17) is 11.6 Å². The molecule has 0 fully saturated rings. The number of para-hydroxylation sites is 1. The van der Waals surface area contributed by atoms with E-state index in [-0.39, 0.29) is 10.6 Å². The molecule has 0 amide bonds. The Labute approximate surface area is 156 Å². The van der Waals surface area contributed by atoms with E-state index in [1.54, 1.807) is 37.7 Å². The standard InChI is InChI=1S/C18H18ClN3O3S/c1-12-11-15(9-10-16(12)19)26(24,25)20-17-13(2)21(3)22(18(17)23)14-7-5-4-6-8-14/h4-11,20H,1-3H3. The van der Waals surface area contributed by atoms with Gasteiger partial charge in [-0.1, -0.05) is 29.8 Å². The van der Waals surface area contributed by atoms with Crippen molar-refractivity contribution >= 4 is 27.3 Å². The van der Waals surface area contributed by atoms with Crippen LogP contribution in [0.2, 0.25) is 5.02 Å². The lowest BCUT2D eigenvalue weighted by atomic mass is 10.2. The molecule has 6 nitrogen and oxygen atoms in total. The fourth-order valence-electron chi connectivity index (χ4n) is 2.66. The second-order valence-electron chi connectivity index (χ2n) is 5.95. The van der Waals surface area contributed by atoms with E-state index in [0.29, 0.717) is 22.0 Å². The zero-order valence-corrected chi connectivity index (χ0v) is 16.1. The first-order valence-electron chi connectivity index (χ1n) is 7.85. The third kappa shape index (κ3) is 3.15.